The van der Waals surface area contributed by atoms with Crippen molar-refractivity contribution in [2.24, 2.45) is 13.0 Å². The molecule has 42 heavy (non-hydrogen) atoms. The molecule has 0 saturated carbocycles. The highest BCUT2D eigenvalue weighted by molar-refractivity contribution is 6.07. The summed E-state index contributed by atoms with van der Waals surface area (Å²) in [6.45, 7) is 5.67. The van der Waals surface area contributed by atoms with Gasteiger partial charge in [0.05, 0.1) is 23.1 Å². The lowest BCUT2D eigenvalue weighted by atomic mass is 9.88. The second-order valence-electron chi connectivity index (χ2n) is 11.8. The van der Waals surface area contributed by atoms with Crippen LogP contribution < -0.4 is 10.2 Å². The molecule has 0 unspecified atom stereocenters. The highest BCUT2D eigenvalue weighted by Crippen LogP contribution is 2.32. The summed E-state index contributed by atoms with van der Waals surface area (Å²) < 4.78 is 1.81. The van der Waals surface area contributed by atoms with Gasteiger partial charge in [0.1, 0.15) is 0 Å². The van der Waals surface area contributed by atoms with Crippen molar-refractivity contribution in [3.05, 3.63) is 95.6 Å². The first-order valence-corrected chi connectivity index (χ1v) is 14.6. The fraction of sp³-hybridized carbons (Fsp3) is 0.353. The maximum absolute atomic E-state index is 13.5. The number of piperidine rings is 1. The van der Waals surface area contributed by atoms with E-state index in [0.29, 0.717) is 41.7 Å². The molecule has 2 amide bonds. The molecule has 1 aliphatic rings. The van der Waals surface area contributed by atoms with Crippen LogP contribution in [0.5, 0.6) is 0 Å². The van der Waals surface area contributed by atoms with Crippen molar-refractivity contribution in [2.45, 2.75) is 39.0 Å². The number of rotatable bonds is 8. The standard InChI is InChI=1S/C34H40N6O2/c1-23(2)18-30-12-10-28(20-35-30)33(41)37-31-19-27(11-13-32(31)38(3)4)34(42)40-16-14-26(15-17-40)24-6-8-25(9-7-24)29-21-36-39(5)22-29/h6-13,19-23,26H,14-18H2,1-5H3,(H,37,41). The highest BCUT2D eigenvalue weighted by atomic mass is 16.2. The number of amides is 2. The van der Waals surface area contributed by atoms with E-state index in [1.165, 1.54) is 5.56 Å². The summed E-state index contributed by atoms with van der Waals surface area (Å²) in [6.07, 6.45) is 8.21. The van der Waals surface area contributed by atoms with Crippen LogP contribution in [0.15, 0.2) is 73.2 Å². The fourth-order valence-electron chi connectivity index (χ4n) is 5.57. The molecule has 218 valence electrons. The van der Waals surface area contributed by atoms with E-state index in [2.05, 4.69) is 53.5 Å². The van der Waals surface area contributed by atoms with Gasteiger partial charge in [0.15, 0.2) is 0 Å². The van der Waals surface area contributed by atoms with Crippen LogP contribution in [0.25, 0.3) is 11.1 Å². The number of pyridine rings is 1. The van der Waals surface area contributed by atoms with E-state index < -0.39 is 0 Å². The summed E-state index contributed by atoms with van der Waals surface area (Å²) in [6, 6.07) is 18.0. The maximum atomic E-state index is 13.5. The number of aromatic nitrogens is 3. The molecule has 0 radical (unpaired) electrons. The number of hydrogen-bond acceptors (Lipinski definition) is 5. The van der Waals surface area contributed by atoms with Crippen LogP contribution in [0, 0.1) is 5.92 Å². The van der Waals surface area contributed by atoms with Crippen LogP contribution in [0.1, 0.15) is 64.6 Å². The Labute approximate surface area is 248 Å². The summed E-state index contributed by atoms with van der Waals surface area (Å²) in [5.41, 5.74) is 7.03. The molecule has 1 saturated heterocycles. The van der Waals surface area contributed by atoms with Crippen LogP contribution in [-0.4, -0.2) is 58.7 Å². The number of carbonyl (C=O) groups excluding carboxylic acids is 2. The zero-order valence-corrected chi connectivity index (χ0v) is 25.2. The predicted octanol–water partition coefficient (Wildman–Crippen LogP) is 6.02. The quantitative estimate of drug-likeness (QED) is 0.283. The minimum atomic E-state index is -0.248. The Kier molecular flexibility index (Phi) is 8.71. The van der Waals surface area contributed by atoms with E-state index in [1.807, 2.05) is 66.2 Å². The first kappa shape index (κ1) is 29.0. The first-order chi connectivity index (χ1) is 20.2. The molecule has 3 heterocycles. The minimum Gasteiger partial charge on any atom is -0.376 e. The summed E-state index contributed by atoms with van der Waals surface area (Å²) >= 11 is 0. The molecule has 8 nitrogen and oxygen atoms in total. The lowest BCUT2D eigenvalue weighted by Crippen LogP contribution is -2.38. The highest BCUT2D eigenvalue weighted by Gasteiger charge is 2.25. The van der Waals surface area contributed by atoms with Crippen LogP contribution in [0.2, 0.25) is 0 Å². The Bertz CT molecular complexity index is 1530. The SMILES string of the molecule is CC(C)Cc1ccc(C(=O)Nc2cc(C(=O)N3CCC(c4ccc(-c5cnn(C)c5)cc4)CC3)ccc2N(C)C)cn1. The minimum absolute atomic E-state index is 0.0131. The molecule has 0 bridgehead atoms. The lowest BCUT2D eigenvalue weighted by molar-refractivity contribution is 0.0712. The average Bonchev–Trinajstić information content (AvgIpc) is 3.43. The largest absolute Gasteiger partial charge is 0.376 e. The zero-order chi connectivity index (χ0) is 29.8. The average molecular weight is 565 g/mol. The summed E-state index contributed by atoms with van der Waals surface area (Å²) in [5, 5.41) is 7.28. The Morgan fingerprint density at radius 2 is 1.67 bits per heavy atom. The lowest BCUT2D eigenvalue weighted by Gasteiger charge is -2.32. The monoisotopic (exact) mass is 564 g/mol. The van der Waals surface area contributed by atoms with Gasteiger partial charge in [0.25, 0.3) is 11.8 Å². The number of carbonyl (C=O) groups is 2. The van der Waals surface area contributed by atoms with Crippen LogP contribution >= 0.6 is 0 Å². The number of benzene rings is 2. The van der Waals surface area contributed by atoms with Gasteiger partial charge in [-0.2, -0.15) is 5.10 Å². The van der Waals surface area contributed by atoms with Crippen molar-refractivity contribution in [3.63, 3.8) is 0 Å². The normalized spacial score (nSPS) is 13.8. The van der Waals surface area contributed by atoms with Crippen LogP contribution in [0.4, 0.5) is 11.4 Å². The Morgan fingerprint density at radius 1 is 0.952 bits per heavy atom. The third kappa shape index (κ3) is 6.70. The molecule has 0 spiro atoms. The Morgan fingerprint density at radius 3 is 2.26 bits per heavy atom. The van der Waals surface area contributed by atoms with Gasteiger partial charge in [-0.05, 0) is 72.6 Å². The predicted molar refractivity (Wildman–Crippen MR) is 168 cm³/mol. The van der Waals surface area contributed by atoms with Gasteiger partial charge < -0.3 is 15.1 Å². The topological polar surface area (TPSA) is 83.4 Å². The van der Waals surface area contributed by atoms with Gasteiger partial charge in [-0.1, -0.05) is 38.1 Å². The van der Waals surface area contributed by atoms with Crippen LogP contribution in [-0.2, 0) is 13.5 Å². The Hall–Kier alpha value is -4.46. The van der Waals surface area contributed by atoms with Crippen molar-refractivity contribution in [2.75, 3.05) is 37.4 Å². The molecular weight excluding hydrogens is 524 g/mol. The summed E-state index contributed by atoms with van der Waals surface area (Å²) in [4.78, 5) is 35.0. The zero-order valence-electron chi connectivity index (χ0n) is 25.2. The van der Waals surface area contributed by atoms with Gasteiger partial charge >= 0.3 is 0 Å². The van der Waals surface area contributed by atoms with E-state index in [9.17, 15) is 9.59 Å². The van der Waals surface area contributed by atoms with Gasteiger partial charge in [-0.15, -0.1) is 0 Å². The molecule has 0 atom stereocenters. The molecule has 0 aliphatic carbocycles. The van der Waals surface area contributed by atoms with Crippen molar-refractivity contribution in [1.82, 2.24) is 19.7 Å². The van der Waals surface area contributed by atoms with Crippen LogP contribution in [0.3, 0.4) is 0 Å². The van der Waals surface area contributed by atoms with Gasteiger partial charge in [0, 0.05) is 63.4 Å². The third-order valence-electron chi connectivity index (χ3n) is 7.88. The van der Waals surface area contributed by atoms with E-state index in [1.54, 1.807) is 18.3 Å². The number of likely N-dealkylation sites (tertiary alicyclic amines) is 1. The van der Waals surface area contributed by atoms with E-state index in [-0.39, 0.29) is 11.8 Å². The number of aryl methyl sites for hydroxylation is 1. The number of nitrogens with zero attached hydrogens (tertiary/aromatic N) is 5. The number of hydrogen-bond donors (Lipinski definition) is 1. The number of anilines is 2. The smallest absolute Gasteiger partial charge is 0.257 e. The first-order valence-electron chi connectivity index (χ1n) is 14.6. The maximum Gasteiger partial charge on any atom is 0.257 e. The van der Waals surface area contributed by atoms with E-state index >= 15 is 0 Å². The molecule has 2 aromatic carbocycles. The van der Waals surface area contributed by atoms with Crippen molar-refractivity contribution < 1.29 is 9.59 Å². The molecule has 1 aliphatic heterocycles. The van der Waals surface area contributed by atoms with Crippen molar-refractivity contribution >= 4 is 23.2 Å². The Balaban J connectivity index is 1.24. The fourth-order valence-corrected chi connectivity index (χ4v) is 5.57. The summed E-state index contributed by atoms with van der Waals surface area (Å²) in [7, 11) is 5.76. The molecular formula is C34H40N6O2. The summed E-state index contributed by atoms with van der Waals surface area (Å²) in [5.74, 6) is 0.654. The molecule has 4 aromatic rings. The molecule has 8 heteroatoms. The van der Waals surface area contributed by atoms with Crippen molar-refractivity contribution in [3.8, 4) is 11.1 Å². The van der Waals surface area contributed by atoms with Gasteiger partial charge in [0.2, 0.25) is 0 Å². The van der Waals surface area contributed by atoms with E-state index in [4.69, 9.17) is 0 Å². The second-order valence-corrected chi connectivity index (χ2v) is 11.8. The molecule has 5 rings (SSSR count). The van der Waals surface area contributed by atoms with Gasteiger partial charge in [-0.25, -0.2) is 0 Å². The molecule has 1 fully saturated rings. The number of nitrogens with one attached hydrogen (secondary N) is 1. The third-order valence-corrected chi connectivity index (χ3v) is 7.88. The van der Waals surface area contributed by atoms with E-state index in [0.717, 1.165) is 41.8 Å². The van der Waals surface area contributed by atoms with Crippen molar-refractivity contribution in [1.29, 1.82) is 0 Å². The second kappa shape index (κ2) is 12.6. The molecule has 2 aromatic heterocycles. The van der Waals surface area contributed by atoms with Gasteiger partial charge in [-0.3, -0.25) is 19.3 Å². The molecule has 1 N–H and O–H groups in total.